The fourth-order valence-corrected chi connectivity index (χ4v) is 2.60. The molecule has 0 N–H and O–H groups in total. The number of rotatable bonds is 1. The molecule has 1 saturated heterocycles. The second kappa shape index (κ2) is 4.73. The lowest BCUT2D eigenvalue weighted by Crippen LogP contribution is -2.50. The monoisotopic (exact) mass is 264 g/mol. The van der Waals surface area contributed by atoms with Crippen LogP contribution in [0.25, 0.3) is 0 Å². The van der Waals surface area contributed by atoms with Crippen LogP contribution in [-0.2, 0) is 0 Å². The summed E-state index contributed by atoms with van der Waals surface area (Å²) in [6.45, 7) is 2.92. The number of hydrogen-bond acceptors (Lipinski definition) is 6. The number of anilines is 1. The van der Waals surface area contributed by atoms with E-state index in [1.165, 1.54) is 12.4 Å². The number of carbonyl (C=O) groups is 1. The maximum Gasteiger partial charge on any atom is 0.362 e. The molecule has 94 valence electrons. The van der Waals surface area contributed by atoms with Gasteiger partial charge >= 0.3 is 6.03 Å². The smallest absolute Gasteiger partial charge is 0.345 e. The van der Waals surface area contributed by atoms with Crippen molar-refractivity contribution in [3.8, 4) is 0 Å². The zero-order chi connectivity index (χ0) is 12.4. The predicted octanol–water partition coefficient (Wildman–Crippen LogP) is 0.525. The fourth-order valence-electron chi connectivity index (χ4n) is 1.90. The van der Waals surface area contributed by atoms with Crippen LogP contribution in [0.15, 0.2) is 24.0 Å². The lowest BCUT2D eigenvalue weighted by atomic mass is 10.3. The number of amides is 1. The van der Waals surface area contributed by atoms with Gasteiger partial charge in [0.15, 0.2) is 5.13 Å². The van der Waals surface area contributed by atoms with E-state index in [4.69, 9.17) is 0 Å². The molecule has 0 radical (unpaired) electrons. The topological polar surface area (TPSA) is 67.2 Å². The van der Waals surface area contributed by atoms with E-state index < -0.39 is 0 Å². The van der Waals surface area contributed by atoms with Crippen molar-refractivity contribution in [3.63, 3.8) is 0 Å². The van der Waals surface area contributed by atoms with Crippen LogP contribution < -0.4 is 4.90 Å². The van der Waals surface area contributed by atoms with E-state index in [0.717, 1.165) is 23.0 Å². The molecule has 1 aliphatic heterocycles. The van der Waals surface area contributed by atoms with E-state index >= 15 is 0 Å². The van der Waals surface area contributed by atoms with Gasteiger partial charge in [-0.25, -0.2) is 9.78 Å². The van der Waals surface area contributed by atoms with Crippen molar-refractivity contribution in [1.82, 2.24) is 24.9 Å². The zero-order valence-corrected chi connectivity index (χ0v) is 10.5. The Labute approximate surface area is 108 Å². The SMILES string of the molecule is O=C(N1CCN(c2nccs2)CC1)n1nccn1. The quantitative estimate of drug-likeness (QED) is 0.751. The largest absolute Gasteiger partial charge is 0.362 e. The van der Waals surface area contributed by atoms with Gasteiger partial charge in [-0.3, -0.25) is 0 Å². The minimum absolute atomic E-state index is 0.168. The number of aromatic nitrogens is 4. The maximum absolute atomic E-state index is 12.0. The summed E-state index contributed by atoms with van der Waals surface area (Å²) in [7, 11) is 0. The summed E-state index contributed by atoms with van der Waals surface area (Å²) < 4.78 is 0. The van der Waals surface area contributed by atoms with Crippen LogP contribution in [0.5, 0.6) is 0 Å². The maximum atomic E-state index is 12.0. The van der Waals surface area contributed by atoms with E-state index in [1.54, 1.807) is 22.4 Å². The third kappa shape index (κ3) is 2.06. The highest BCUT2D eigenvalue weighted by atomic mass is 32.1. The van der Waals surface area contributed by atoms with Gasteiger partial charge in [0.2, 0.25) is 0 Å². The summed E-state index contributed by atoms with van der Waals surface area (Å²) in [5.41, 5.74) is 0. The van der Waals surface area contributed by atoms with Gasteiger partial charge in [-0.15, -0.1) is 11.3 Å². The molecule has 7 nitrogen and oxygen atoms in total. The molecule has 8 heteroatoms. The molecule has 1 fully saturated rings. The van der Waals surface area contributed by atoms with Crippen molar-refractivity contribution >= 4 is 22.5 Å². The summed E-state index contributed by atoms with van der Waals surface area (Å²) in [4.78, 5) is 21.3. The molecule has 0 bridgehead atoms. The fraction of sp³-hybridized carbons (Fsp3) is 0.400. The molecule has 0 aromatic carbocycles. The molecule has 2 aromatic rings. The zero-order valence-electron chi connectivity index (χ0n) is 9.64. The minimum atomic E-state index is -0.168. The van der Waals surface area contributed by atoms with E-state index in [9.17, 15) is 4.79 Å². The van der Waals surface area contributed by atoms with Gasteiger partial charge in [-0.05, 0) is 0 Å². The van der Waals surface area contributed by atoms with Crippen molar-refractivity contribution in [1.29, 1.82) is 0 Å². The Bertz CT molecular complexity index is 502. The first-order valence-electron chi connectivity index (χ1n) is 5.64. The average Bonchev–Trinajstić information content (AvgIpc) is 3.11. The molecule has 3 heterocycles. The van der Waals surface area contributed by atoms with Crippen molar-refractivity contribution in [2.75, 3.05) is 31.1 Å². The highest BCUT2D eigenvalue weighted by Gasteiger charge is 2.23. The first-order chi connectivity index (χ1) is 8.84. The van der Waals surface area contributed by atoms with Gasteiger partial charge < -0.3 is 9.80 Å². The Kier molecular flexibility index (Phi) is 2.93. The Balaban J connectivity index is 1.62. The molecule has 0 spiro atoms. The number of thiazole rings is 1. The standard InChI is InChI=1S/C10H12N6OS/c17-10(16-12-1-2-13-16)15-6-4-14(5-7-15)9-11-3-8-18-9/h1-3,8H,4-7H2. The molecule has 3 rings (SSSR count). The lowest BCUT2D eigenvalue weighted by Gasteiger charge is -2.33. The third-order valence-corrected chi connectivity index (χ3v) is 3.66. The number of carbonyl (C=O) groups excluding carboxylic acids is 1. The highest BCUT2D eigenvalue weighted by Crippen LogP contribution is 2.18. The van der Waals surface area contributed by atoms with E-state index in [1.807, 2.05) is 5.38 Å². The molecule has 0 aliphatic carbocycles. The summed E-state index contributed by atoms with van der Waals surface area (Å²) in [5, 5.41) is 10.7. The van der Waals surface area contributed by atoms with E-state index in [0.29, 0.717) is 13.1 Å². The van der Waals surface area contributed by atoms with Crippen LogP contribution in [0.4, 0.5) is 9.93 Å². The first-order valence-corrected chi connectivity index (χ1v) is 6.52. The van der Waals surface area contributed by atoms with Gasteiger partial charge in [0.25, 0.3) is 0 Å². The molecule has 1 amide bonds. The van der Waals surface area contributed by atoms with Gasteiger partial charge in [0.05, 0.1) is 12.4 Å². The Hall–Kier alpha value is -1.96. The summed E-state index contributed by atoms with van der Waals surface area (Å²) in [5.74, 6) is 0. The molecule has 2 aromatic heterocycles. The number of piperazine rings is 1. The van der Waals surface area contributed by atoms with Crippen LogP contribution in [0, 0.1) is 0 Å². The first kappa shape index (κ1) is 11.1. The lowest BCUT2D eigenvalue weighted by molar-refractivity contribution is 0.189. The van der Waals surface area contributed by atoms with Gasteiger partial charge in [0, 0.05) is 37.8 Å². The molecular weight excluding hydrogens is 252 g/mol. The minimum Gasteiger partial charge on any atom is -0.345 e. The Morgan fingerprint density at radius 3 is 2.44 bits per heavy atom. The highest BCUT2D eigenvalue weighted by molar-refractivity contribution is 7.13. The number of nitrogens with zero attached hydrogens (tertiary/aromatic N) is 6. The molecule has 0 saturated carbocycles. The summed E-state index contributed by atoms with van der Waals surface area (Å²) in [6.07, 6.45) is 4.80. The second-order valence-corrected chi connectivity index (χ2v) is 4.76. The average molecular weight is 264 g/mol. The van der Waals surface area contributed by atoms with Gasteiger partial charge in [-0.1, -0.05) is 4.80 Å². The van der Waals surface area contributed by atoms with E-state index in [-0.39, 0.29) is 6.03 Å². The third-order valence-electron chi connectivity index (χ3n) is 2.83. The van der Waals surface area contributed by atoms with Crippen molar-refractivity contribution < 1.29 is 4.79 Å². The molecule has 18 heavy (non-hydrogen) atoms. The van der Waals surface area contributed by atoms with Crippen LogP contribution in [0.1, 0.15) is 0 Å². The normalized spacial score (nSPS) is 16.0. The Morgan fingerprint density at radius 1 is 1.11 bits per heavy atom. The van der Waals surface area contributed by atoms with Crippen molar-refractivity contribution in [2.45, 2.75) is 0 Å². The van der Waals surface area contributed by atoms with Crippen LogP contribution >= 0.6 is 11.3 Å². The molecule has 0 atom stereocenters. The molecular formula is C10H12N6OS. The van der Waals surface area contributed by atoms with Gasteiger partial charge in [-0.2, -0.15) is 10.2 Å². The molecule has 1 aliphatic rings. The van der Waals surface area contributed by atoms with E-state index in [2.05, 4.69) is 20.1 Å². The predicted molar refractivity (Wildman–Crippen MR) is 66.7 cm³/mol. The summed E-state index contributed by atoms with van der Waals surface area (Å²) >= 11 is 1.62. The van der Waals surface area contributed by atoms with Crippen molar-refractivity contribution in [3.05, 3.63) is 24.0 Å². The van der Waals surface area contributed by atoms with Crippen LogP contribution in [0.2, 0.25) is 0 Å². The van der Waals surface area contributed by atoms with Crippen LogP contribution in [0.3, 0.4) is 0 Å². The van der Waals surface area contributed by atoms with Crippen LogP contribution in [-0.4, -0.2) is 57.1 Å². The number of hydrogen-bond donors (Lipinski definition) is 0. The van der Waals surface area contributed by atoms with Gasteiger partial charge in [0.1, 0.15) is 0 Å². The summed E-state index contributed by atoms with van der Waals surface area (Å²) in [6, 6.07) is -0.168. The molecule has 0 unspecified atom stereocenters. The van der Waals surface area contributed by atoms with Crippen molar-refractivity contribution in [2.24, 2.45) is 0 Å². The second-order valence-electron chi connectivity index (χ2n) is 3.89. The Morgan fingerprint density at radius 2 is 1.83 bits per heavy atom.